The molecule has 0 bridgehead atoms. The zero-order valence-electron chi connectivity index (χ0n) is 12.0. The van der Waals surface area contributed by atoms with Crippen LogP contribution >= 0.6 is 11.6 Å². The number of nitrogens with zero attached hydrogens (tertiary/aromatic N) is 1. The standard InChI is InChI=1S/C14H19ClN2O3S/c1-10-9-21(19,20)8-7-17(10)14(18)16-11(2)12-5-3-4-6-13(12)15/h3-6,10-11H,7-9H2,1-2H3,(H,16,18)/t10-,11-/m1/s1. The molecule has 2 amide bonds. The van der Waals surface area contributed by atoms with Crippen LogP contribution in [0.15, 0.2) is 24.3 Å². The van der Waals surface area contributed by atoms with E-state index in [4.69, 9.17) is 11.6 Å². The molecule has 0 aliphatic carbocycles. The van der Waals surface area contributed by atoms with Gasteiger partial charge in [-0.1, -0.05) is 29.8 Å². The van der Waals surface area contributed by atoms with Crippen molar-refractivity contribution < 1.29 is 13.2 Å². The first kappa shape index (κ1) is 16.1. The number of urea groups is 1. The molecule has 116 valence electrons. The van der Waals surface area contributed by atoms with E-state index >= 15 is 0 Å². The Balaban J connectivity index is 2.03. The fourth-order valence-electron chi connectivity index (χ4n) is 2.47. The number of amides is 2. The second kappa shape index (κ2) is 6.23. The molecule has 0 saturated carbocycles. The molecule has 1 aliphatic rings. The molecular weight excluding hydrogens is 312 g/mol. The van der Waals surface area contributed by atoms with E-state index in [1.165, 1.54) is 0 Å². The van der Waals surface area contributed by atoms with Gasteiger partial charge in [-0.15, -0.1) is 0 Å². The lowest BCUT2D eigenvalue weighted by molar-refractivity contribution is 0.182. The van der Waals surface area contributed by atoms with E-state index in [2.05, 4.69) is 5.32 Å². The van der Waals surface area contributed by atoms with E-state index in [0.717, 1.165) is 5.56 Å². The van der Waals surface area contributed by atoms with E-state index < -0.39 is 9.84 Å². The first-order valence-electron chi connectivity index (χ1n) is 6.82. The number of hydrogen-bond acceptors (Lipinski definition) is 3. The molecule has 1 saturated heterocycles. The van der Waals surface area contributed by atoms with Gasteiger partial charge in [0.2, 0.25) is 0 Å². The van der Waals surface area contributed by atoms with E-state index in [1.54, 1.807) is 17.9 Å². The SMILES string of the molecule is C[C@@H]1CS(=O)(=O)CCN1C(=O)N[C@H](C)c1ccccc1Cl. The molecule has 0 spiro atoms. The largest absolute Gasteiger partial charge is 0.331 e. The van der Waals surface area contributed by atoms with Crippen molar-refractivity contribution >= 4 is 27.5 Å². The van der Waals surface area contributed by atoms with Crippen LogP contribution in [0.5, 0.6) is 0 Å². The van der Waals surface area contributed by atoms with Crippen LogP contribution in [0.2, 0.25) is 5.02 Å². The van der Waals surface area contributed by atoms with Crippen LogP contribution in [0.25, 0.3) is 0 Å². The maximum absolute atomic E-state index is 12.3. The molecule has 0 radical (unpaired) electrons. The monoisotopic (exact) mass is 330 g/mol. The zero-order valence-corrected chi connectivity index (χ0v) is 13.6. The van der Waals surface area contributed by atoms with Crippen molar-refractivity contribution in [2.24, 2.45) is 0 Å². The highest BCUT2D eigenvalue weighted by Gasteiger charge is 2.31. The summed E-state index contributed by atoms with van der Waals surface area (Å²) in [5, 5.41) is 3.47. The van der Waals surface area contributed by atoms with Crippen LogP contribution in [0.1, 0.15) is 25.5 Å². The van der Waals surface area contributed by atoms with Gasteiger partial charge in [0.1, 0.15) is 0 Å². The normalized spacial score (nSPS) is 22.6. The third kappa shape index (κ3) is 3.89. The minimum Gasteiger partial charge on any atom is -0.331 e. The molecule has 1 aromatic rings. The Morgan fingerprint density at radius 1 is 1.43 bits per heavy atom. The molecule has 0 aromatic heterocycles. The van der Waals surface area contributed by atoms with Crippen molar-refractivity contribution in [3.05, 3.63) is 34.9 Å². The highest BCUT2D eigenvalue weighted by atomic mass is 35.5. The van der Waals surface area contributed by atoms with Crippen molar-refractivity contribution in [1.82, 2.24) is 10.2 Å². The lowest BCUT2D eigenvalue weighted by Crippen LogP contribution is -2.53. The zero-order chi connectivity index (χ0) is 15.6. The lowest BCUT2D eigenvalue weighted by Gasteiger charge is -2.34. The molecule has 2 atom stereocenters. The summed E-state index contributed by atoms with van der Waals surface area (Å²) in [4.78, 5) is 13.9. The summed E-state index contributed by atoms with van der Waals surface area (Å²) in [5.74, 6) is 0.0339. The molecule has 0 unspecified atom stereocenters. The van der Waals surface area contributed by atoms with Gasteiger partial charge in [0.25, 0.3) is 0 Å². The van der Waals surface area contributed by atoms with Gasteiger partial charge in [-0.25, -0.2) is 13.2 Å². The highest BCUT2D eigenvalue weighted by Crippen LogP contribution is 2.22. The summed E-state index contributed by atoms with van der Waals surface area (Å²) in [7, 11) is -3.03. The number of hydrogen-bond donors (Lipinski definition) is 1. The van der Waals surface area contributed by atoms with Gasteiger partial charge in [0.15, 0.2) is 9.84 Å². The first-order valence-corrected chi connectivity index (χ1v) is 9.02. The van der Waals surface area contributed by atoms with E-state index in [0.29, 0.717) is 5.02 Å². The lowest BCUT2D eigenvalue weighted by atomic mass is 10.1. The highest BCUT2D eigenvalue weighted by molar-refractivity contribution is 7.91. The van der Waals surface area contributed by atoms with Gasteiger partial charge in [-0.3, -0.25) is 0 Å². The molecule has 5 nitrogen and oxygen atoms in total. The Kier molecular flexibility index (Phi) is 4.78. The van der Waals surface area contributed by atoms with Crippen LogP contribution in [0.4, 0.5) is 4.79 Å². The second-order valence-corrected chi connectivity index (χ2v) is 7.99. The third-order valence-corrected chi connectivity index (χ3v) is 5.78. The third-order valence-electron chi connectivity index (χ3n) is 3.64. The van der Waals surface area contributed by atoms with Crippen LogP contribution in [0.3, 0.4) is 0 Å². The molecule has 1 heterocycles. The van der Waals surface area contributed by atoms with Crippen molar-refractivity contribution in [3.63, 3.8) is 0 Å². The maximum Gasteiger partial charge on any atom is 0.318 e. The summed E-state index contributed by atoms with van der Waals surface area (Å²) >= 11 is 6.11. The fourth-order valence-corrected chi connectivity index (χ4v) is 4.33. The average Bonchev–Trinajstić information content (AvgIpc) is 2.37. The summed E-state index contributed by atoms with van der Waals surface area (Å²) in [6.07, 6.45) is 0. The van der Waals surface area contributed by atoms with Crippen LogP contribution in [0, 0.1) is 0 Å². The predicted molar refractivity (Wildman–Crippen MR) is 83.2 cm³/mol. The Morgan fingerprint density at radius 3 is 2.71 bits per heavy atom. The van der Waals surface area contributed by atoms with Crippen LogP contribution in [-0.2, 0) is 9.84 Å². The Morgan fingerprint density at radius 2 is 2.10 bits per heavy atom. The molecule has 7 heteroatoms. The van der Waals surface area contributed by atoms with Crippen molar-refractivity contribution in [3.8, 4) is 0 Å². The molecular formula is C14H19ClN2O3S. The number of nitrogens with one attached hydrogen (secondary N) is 1. The van der Waals surface area contributed by atoms with Gasteiger partial charge in [-0.05, 0) is 25.5 Å². The fraction of sp³-hybridized carbons (Fsp3) is 0.500. The summed E-state index contributed by atoms with van der Waals surface area (Å²) < 4.78 is 23.1. The van der Waals surface area contributed by atoms with E-state index in [-0.39, 0.29) is 36.2 Å². The molecule has 1 aromatic carbocycles. The number of benzene rings is 1. The molecule has 21 heavy (non-hydrogen) atoms. The second-order valence-electron chi connectivity index (χ2n) is 5.35. The first-order chi connectivity index (χ1) is 9.80. The van der Waals surface area contributed by atoms with Crippen molar-refractivity contribution in [1.29, 1.82) is 0 Å². The van der Waals surface area contributed by atoms with Gasteiger partial charge in [0, 0.05) is 17.6 Å². The molecule has 1 N–H and O–H groups in total. The predicted octanol–water partition coefficient (Wildman–Crippen LogP) is 2.23. The smallest absolute Gasteiger partial charge is 0.318 e. The Labute approximate surface area is 130 Å². The van der Waals surface area contributed by atoms with Gasteiger partial charge < -0.3 is 10.2 Å². The quantitative estimate of drug-likeness (QED) is 0.904. The Bertz CT molecular complexity index is 633. The number of rotatable bonds is 2. The number of halogens is 1. The van der Waals surface area contributed by atoms with E-state index in [9.17, 15) is 13.2 Å². The number of sulfone groups is 1. The summed E-state index contributed by atoms with van der Waals surface area (Å²) in [5.41, 5.74) is 0.838. The molecule has 1 aliphatic heterocycles. The topological polar surface area (TPSA) is 66.5 Å². The van der Waals surface area contributed by atoms with Gasteiger partial charge in [-0.2, -0.15) is 0 Å². The average molecular weight is 331 g/mol. The van der Waals surface area contributed by atoms with Crippen molar-refractivity contribution in [2.75, 3.05) is 18.1 Å². The summed E-state index contributed by atoms with van der Waals surface area (Å²) in [6, 6.07) is 6.51. The van der Waals surface area contributed by atoms with Crippen LogP contribution < -0.4 is 5.32 Å². The van der Waals surface area contributed by atoms with Crippen molar-refractivity contribution in [2.45, 2.75) is 25.9 Å². The van der Waals surface area contributed by atoms with Crippen LogP contribution in [-0.4, -0.2) is 43.4 Å². The molecule has 2 rings (SSSR count). The van der Waals surface area contributed by atoms with Gasteiger partial charge >= 0.3 is 6.03 Å². The maximum atomic E-state index is 12.3. The van der Waals surface area contributed by atoms with E-state index in [1.807, 2.05) is 25.1 Å². The Hall–Kier alpha value is -1.27. The molecule has 1 fully saturated rings. The minimum absolute atomic E-state index is 0.0148. The summed E-state index contributed by atoms with van der Waals surface area (Å²) in [6.45, 7) is 3.82. The number of carbonyl (C=O) groups excluding carboxylic acids is 1. The van der Waals surface area contributed by atoms with Gasteiger partial charge in [0.05, 0.1) is 17.5 Å². The minimum atomic E-state index is -3.03. The number of carbonyl (C=O) groups is 1.